The molecular weight excluding hydrogens is 364 g/mol. The molecule has 148 valence electrons. The number of hydrogen-bond acceptors (Lipinski definition) is 4. The summed E-state index contributed by atoms with van der Waals surface area (Å²) >= 11 is 0. The van der Waals surface area contributed by atoms with Crippen LogP contribution in [-0.2, 0) is 28.9 Å². The van der Waals surface area contributed by atoms with E-state index in [0.717, 1.165) is 53.4 Å². The highest BCUT2D eigenvalue weighted by Crippen LogP contribution is 2.29. The number of carbonyl (C=O) groups excluding carboxylic acids is 2. The normalized spacial score (nSPS) is 13.0. The first kappa shape index (κ1) is 19.1. The van der Waals surface area contributed by atoms with Crippen LogP contribution in [0.5, 0.6) is 0 Å². The summed E-state index contributed by atoms with van der Waals surface area (Å²) in [6.45, 7) is 0.207. The second kappa shape index (κ2) is 8.43. The zero-order valence-corrected chi connectivity index (χ0v) is 16.6. The number of rotatable bonds is 5. The van der Waals surface area contributed by atoms with Gasteiger partial charge in [0.05, 0.1) is 11.1 Å². The molecule has 0 bridgehead atoms. The van der Waals surface area contributed by atoms with Gasteiger partial charge >= 0.3 is 5.97 Å². The predicted molar refractivity (Wildman–Crippen MR) is 112 cm³/mol. The number of aryl methyl sites for hydroxylation is 1. The van der Waals surface area contributed by atoms with E-state index in [1.807, 2.05) is 54.6 Å². The quantitative estimate of drug-likeness (QED) is 0.622. The molecule has 1 aromatic heterocycles. The molecule has 5 heteroatoms. The third kappa shape index (κ3) is 4.14. The first-order valence-corrected chi connectivity index (χ1v) is 9.99. The number of fused-ring (bicyclic) bond motifs is 2. The molecule has 0 aliphatic heterocycles. The van der Waals surface area contributed by atoms with Gasteiger partial charge in [-0.2, -0.15) is 0 Å². The summed E-state index contributed by atoms with van der Waals surface area (Å²) in [5, 5.41) is 0.795. The van der Waals surface area contributed by atoms with Crippen molar-refractivity contribution >= 4 is 22.8 Å². The molecule has 0 unspecified atom stereocenters. The number of aromatic nitrogens is 1. The summed E-state index contributed by atoms with van der Waals surface area (Å²) in [6, 6.07) is 17.4. The van der Waals surface area contributed by atoms with Crippen LogP contribution in [0.25, 0.3) is 10.9 Å². The molecule has 4 rings (SSSR count). The maximum Gasteiger partial charge on any atom is 0.339 e. The van der Waals surface area contributed by atoms with Crippen LogP contribution in [-0.4, -0.2) is 35.4 Å². The number of amides is 1. The molecule has 1 heterocycles. The fourth-order valence-corrected chi connectivity index (χ4v) is 3.86. The van der Waals surface area contributed by atoms with E-state index in [0.29, 0.717) is 12.1 Å². The van der Waals surface area contributed by atoms with Gasteiger partial charge in [0.25, 0.3) is 5.91 Å². The van der Waals surface area contributed by atoms with E-state index in [9.17, 15) is 9.59 Å². The van der Waals surface area contributed by atoms with Crippen LogP contribution in [0.1, 0.15) is 40.0 Å². The van der Waals surface area contributed by atoms with E-state index >= 15 is 0 Å². The van der Waals surface area contributed by atoms with Crippen LogP contribution < -0.4 is 0 Å². The first-order chi connectivity index (χ1) is 14.1. The SMILES string of the molecule is CN(Cc1ccccc1)C(=O)COC(=O)c1c2c(nc3ccccc13)CCCC2. The van der Waals surface area contributed by atoms with Crippen molar-refractivity contribution < 1.29 is 14.3 Å². The highest BCUT2D eigenvalue weighted by Gasteiger charge is 2.24. The smallest absolute Gasteiger partial charge is 0.339 e. The van der Waals surface area contributed by atoms with E-state index in [2.05, 4.69) is 0 Å². The zero-order valence-electron chi connectivity index (χ0n) is 16.6. The van der Waals surface area contributed by atoms with Gasteiger partial charge in [0, 0.05) is 24.7 Å². The number of benzene rings is 2. The van der Waals surface area contributed by atoms with Crippen molar-refractivity contribution in [2.75, 3.05) is 13.7 Å². The van der Waals surface area contributed by atoms with Crippen molar-refractivity contribution in [1.82, 2.24) is 9.88 Å². The molecular formula is C24H24N2O3. The van der Waals surface area contributed by atoms with Gasteiger partial charge in [-0.15, -0.1) is 0 Å². The van der Waals surface area contributed by atoms with E-state index in [1.54, 1.807) is 11.9 Å². The Kier molecular flexibility index (Phi) is 5.56. The Bertz CT molecular complexity index is 1050. The summed E-state index contributed by atoms with van der Waals surface area (Å²) in [4.78, 5) is 31.8. The molecule has 0 spiro atoms. The number of para-hydroxylation sites is 1. The Labute approximate surface area is 170 Å². The number of nitrogens with zero attached hydrogens (tertiary/aromatic N) is 2. The van der Waals surface area contributed by atoms with Crippen LogP contribution in [0, 0.1) is 0 Å². The van der Waals surface area contributed by atoms with Gasteiger partial charge in [0.2, 0.25) is 0 Å². The van der Waals surface area contributed by atoms with Crippen molar-refractivity contribution in [2.45, 2.75) is 32.2 Å². The highest BCUT2D eigenvalue weighted by atomic mass is 16.5. The van der Waals surface area contributed by atoms with Gasteiger partial charge in [-0.3, -0.25) is 9.78 Å². The average molecular weight is 388 g/mol. The van der Waals surface area contributed by atoms with Gasteiger partial charge in [0.15, 0.2) is 6.61 Å². The number of esters is 1. The molecule has 29 heavy (non-hydrogen) atoms. The van der Waals surface area contributed by atoms with E-state index in [1.165, 1.54) is 0 Å². The van der Waals surface area contributed by atoms with E-state index in [-0.39, 0.29) is 12.5 Å². The molecule has 2 aromatic carbocycles. The molecule has 1 aliphatic carbocycles. The van der Waals surface area contributed by atoms with Crippen LogP contribution in [0.15, 0.2) is 54.6 Å². The Morgan fingerprint density at radius 3 is 2.55 bits per heavy atom. The molecule has 0 saturated carbocycles. The molecule has 1 aliphatic rings. The fraction of sp³-hybridized carbons (Fsp3) is 0.292. The minimum Gasteiger partial charge on any atom is -0.452 e. The van der Waals surface area contributed by atoms with Gasteiger partial charge in [-0.25, -0.2) is 4.79 Å². The molecule has 3 aromatic rings. The lowest BCUT2D eigenvalue weighted by molar-refractivity contribution is -0.133. The third-order valence-corrected chi connectivity index (χ3v) is 5.39. The number of carbonyl (C=O) groups is 2. The predicted octanol–water partition coefficient (Wildman–Crippen LogP) is 3.93. The van der Waals surface area contributed by atoms with Gasteiger partial charge in [-0.1, -0.05) is 48.5 Å². The van der Waals surface area contributed by atoms with Crippen LogP contribution in [0.4, 0.5) is 0 Å². The summed E-state index contributed by atoms with van der Waals surface area (Å²) in [7, 11) is 1.72. The van der Waals surface area contributed by atoms with Gasteiger partial charge in [0.1, 0.15) is 0 Å². The number of hydrogen-bond donors (Lipinski definition) is 0. The molecule has 0 N–H and O–H groups in total. The highest BCUT2D eigenvalue weighted by molar-refractivity contribution is 6.05. The Balaban J connectivity index is 1.51. The van der Waals surface area contributed by atoms with Crippen molar-refractivity contribution in [3.8, 4) is 0 Å². The van der Waals surface area contributed by atoms with Crippen molar-refractivity contribution in [3.05, 3.63) is 77.0 Å². The fourth-order valence-electron chi connectivity index (χ4n) is 3.86. The third-order valence-electron chi connectivity index (χ3n) is 5.39. The minimum absolute atomic E-state index is 0.227. The van der Waals surface area contributed by atoms with Crippen molar-refractivity contribution in [1.29, 1.82) is 0 Å². The number of pyridine rings is 1. The lowest BCUT2D eigenvalue weighted by atomic mass is 9.90. The van der Waals surface area contributed by atoms with E-state index in [4.69, 9.17) is 9.72 Å². The molecule has 0 atom stereocenters. The standard InChI is InChI=1S/C24H24N2O3/c1-26(15-17-9-3-2-4-10-17)22(27)16-29-24(28)23-18-11-5-7-13-20(18)25-21-14-8-6-12-19(21)23/h2-5,7,9-11,13H,6,8,12,14-16H2,1H3. The zero-order chi connectivity index (χ0) is 20.2. The van der Waals surface area contributed by atoms with Crippen LogP contribution in [0.3, 0.4) is 0 Å². The maximum absolute atomic E-state index is 13.0. The first-order valence-electron chi connectivity index (χ1n) is 9.99. The second-order valence-corrected chi connectivity index (χ2v) is 7.45. The topological polar surface area (TPSA) is 59.5 Å². The van der Waals surface area contributed by atoms with Crippen LogP contribution in [0.2, 0.25) is 0 Å². The van der Waals surface area contributed by atoms with Gasteiger partial charge in [-0.05, 0) is 42.9 Å². The summed E-state index contributed by atoms with van der Waals surface area (Å²) in [5.74, 6) is -0.669. The maximum atomic E-state index is 13.0. The molecule has 5 nitrogen and oxygen atoms in total. The largest absolute Gasteiger partial charge is 0.452 e. The summed E-state index contributed by atoms with van der Waals surface area (Å²) < 4.78 is 5.46. The number of likely N-dealkylation sites (N-methyl/N-ethyl adjacent to an activating group) is 1. The van der Waals surface area contributed by atoms with Gasteiger partial charge < -0.3 is 9.64 Å². The van der Waals surface area contributed by atoms with Crippen molar-refractivity contribution in [2.24, 2.45) is 0 Å². The Hall–Kier alpha value is -3.21. The molecule has 0 radical (unpaired) electrons. The monoisotopic (exact) mass is 388 g/mol. The lowest BCUT2D eigenvalue weighted by Gasteiger charge is -2.21. The Morgan fingerprint density at radius 1 is 1.00 bits per heavy atom. The average Bonchev–Trinajstić information content (AvgIpc) is 2.76. The number of ether oxygens (including phenoxy) is 1. The molecule has 0 fully saturated rings. The molecule has 1 amide bonds. The minimum atomic E-state index is -0.441. The van der Waals surface area contributed by atoms with Crippen molar-refractivity contribution in [3.63, 3.8) is 0 Å². The lowest BCUT2D eigenvalue weighted by Crippen LogP contribution is -2.31. The summed E-state index contributed by atoms with van der Waals surface area (Å²) in [6.07, 6.45) is 3.81. The summed E-state index contributed by atoms with van der Waals surface area (Å²) in [5.41, 5.74) is 4.36. The molecule has 0 saturated heterocycles. The second-order valence-electron chi connectivity index (χ2n) is 7.45. The van der Waals surface area contributed by atoms with E-state index < -0.39 is 5.97 Å². The Morgan fingerprint density at radius 2 is 1.72 bits per heavy atom. The van der Waals surface area contributed by atoms with Crippen LogP contribution >= 0.6 is 0 Å².